The lowest BCUT2D eigenvalue weighted by Crippen LogP contribution is -2.41. The van der Waals surface area contributed by atoms with Crippen molar-refractivity contribution in [3.63, 3.8) is 0 Å². The molecule has 138 valence electrons. The number of halogens is 1. The van der Waals surface area contributed by atoms with E-state index in [0.717, 1.165) is 0 Å². The maximum Gasteiger partial charge on any atom is 0.289 e. The van der Waals surface area contributed by atoms with Gasteiger partial charge in [-0.2, -0.15) is 0 Å². The number of carbonyl (C=O) groups excluding carboxylic acids is 1. The van der Waals surface area contributed by atoms with Crippen LogP contribution in [0.5, 0.6) is 11.5 Å². The van der Waals surface area contributed by atoms with E-state index >= 15 is 0 Å². The number of likely N-dealkylation sites (N-methyl/N-ethyl adjacent to an activating group) is 1. The first-order valence-corrected chi connectivity index (χ1v) is 8.60. The zero-order valence-corrected chi connectivity index (χ0v) is 14.7. The summed E-state index contributed by atoms with van der Waals surface area (Å²) in [6.07, 6.45) is -0.264. The third-order valence-corrected chi connectivity index (χ3v) is 4.34. The second kappa shape index (κ2) is 7.15. The Morgan fingerprint density at radius 3 is 2.59 bits per heavy atom. The van der Waals surface area contributed by atoms with Crippen molar-refractivity contribution in [2.45, 2.75) is 6.10 Å². The van der Waals surface area contributed by atoms with Crippen molar-refractivity contribution in [1.82, 2.24) is 4.90 Å². The topological polar surface area (TPSA) is 51.9 Å². The van der Waals surface area contributed by atoms with Crippen molar-refractivity contribution in [2.75, 3.05) is 20.2 Å². The summed E-state index contributed by atoms with van der Waals surface area (Å²) in [6.45, 7) is 0.730. The number of amides is 1. The molecule has 0 spiro atoms. The van der Waals surface area contributed by atoms with Gasteiger partial charge in [0.2, 0.25) is 0 Å². The van der Waals surface area contributed by atoms with Gasteiger partial charge in [0.1, 0.15) is 18.2 Å². The summed E-state index contributed by atoms with van der Waals surface area (Å²) in [4.78, 5) is 14.2. The van der Waals surface area contributed by atoms with Gasteiger partial charge in [0.15, 0.2) is 23.4 Å². The molecule has 0 unspecified atom stereocenters. The number of rotatable bonds is 4. The SMILES string of the molecule is CN(C[C@@H]1COc2ccccc2O1)C(=O)c1ccc(-c2ccc(F)cc2)o1. The van der Waals surface area contributed by atoms with Gasteiger partial charge in [0.25, 0.3) is 5.91 Å². The molecule has 3 aromatic rings. The molecule has 1 atom stereocenters. The molecule has 1 amide bonds. The van der Waals surface area contributed by atoms with Gasteiger partial charge in [0.05, 0.1) is 6.54 Å². The first-order valence-electron chi connectivity index (χ1n) is 8.60. The van der Waals surface area contributed by atoms with Gasteiger partial charge in [-0.15, -0.1) is 0 Å². The van der Waals surface area contributed by atoms with E-state index in [1.165, 1.54) is 17.0 Å². The first kappa shape index (κ1) is 17.1. The minimum Gasteiger partial charge on any atom is -0.486 e. The van der Waals surface area contributed by atoms with Gasteiger partial charge >= 0.3 is 0 Å². The third-order valence-electron chi connectivity index (χ3n) is 4.34. The molecule has 27 heavy (non-hydrogen) atoms. The fraction of sp³-hybridized carbons (Fsp3) is 0.190. The number of ether oxygens (including phenoxy) is 2. The zero-order valence-electron chi connectivity index (χ0n) is 14.7. The van der Waals surface area contributed by atoms with Crippen LogP contribution in [0.15, 0.2) is 65.1 Å². The van der Waals surface area contributed by atoms with Crippen LogP contribution in [-0.2, 0) is 0 Å². The molecule has 0 bridgehead atoms. The Labute approximate surface area is 155 Å². The van der Waals surface area contributed by atoms with Crippen molar-refractivity contribution in [3.05, 3.63) is 72.2 Å². The molecule has 1 aromatic heterocycles. The predicted molar refractivity (Wildman–Crippen MR) is 97.4 cm³/mol. The minimum atomic E-state index is -0.322. The Morgan fingerprint density at radius 1 is 1.07 bits per heavy atom. The van der Waals surface area contributed by atoms with E-state index in [1.807, 2.05) is 24.3 Å². The monoisotopic (exact) mass is 367 g/mol. The normalized spacial score (nSPS) is 15.4. The molecule has 5 nitrogen and oxygen atoms in total. The molecule has 2 heterocycles. The molecule has 4 rings (SSSR count). The maximum atomic E-state index is 13.0. The van der Waals surface area contributed by atoms with Crippen LogP contribution in [0.4, 0.5) is 4.39 Å². The molecule has 2 aromatic carbocycles. The highest BCUT2D eigenvalue weighted by Crippen LogP contribution is 2.31. The van der Waals surface area contributed by atoms with Gasteiger partial charge in [-0.3, -0.25) is 4.79 Å². The molecular weight excluding hydrogens is 349 g/mol. The average molecular weight is 367 g/mol. The van der Waals surface area contributed by atoms with Gasteiger partial charge < -0.3 is 18.8 Å². The van der Waals surface area contributed by atoms with Crippen molar-refractivity contribution >= 4 is 5.91 Å². The van der Waals surface area contributed by atoms with Crippen LogP contribution in [0.1, 0.15) is 10.6 Å². The smallest absolute Gasteiger partial charge is 0.289 e. The second-order valence-corrected chi connectivity index (χ2v) is 6.35. The summed E-state index contributed by atoms with van der Waals surface area (Å²) in [5.41, 5.74) is 0.707. The van der Waals surface area contributed by atoms with Gasteiger partial charge in [-0.05, 0) is 48.5 Å². The summed E-state index contributed by atoms with van der Waals surface area (Å²) in [5, 5.41) is 0. The number of furan rings is 1. The average Bonchev–Trinajstić information content (AvgIpc) is 3.18. The molecule has 0 saturated carbocycles. The first-order chi connectivity index (χ1) is 13.1. The molecule has 0 fully saturated rings. The highest BCUT2D eigenvalue weighted by Gasteiger charge is 2.25. The molecule has 0 N–H and O–H groups in total. The molecule has 6 heteroatoms. The standard InChI is InChI=1S/C21H18FNO4/c1-23(12-16-13-25-18-4-2-3-5-19(18)26-16)21(24)20-11-10-17(27-20)14-6-8-15(22)9-7-14/h2-11,16H,12-13H2,1H3/t16-/m1/s1. The van der Waals surface area contributed by atoms with Gasteiger partial charge in [0, 0.05) is 12.6 Å². The summed E-state index contributed by atoms with van der Waals surface area (Å²) in [7, 11) is 1.69. The van der Waals surface area contributed by atoms with Crippen molar-refractivity contribution in [3.8, 4) is 22.8 Å². The number of hydrogen-bond donors (Lipinski definition) is 0. The Bertz CT molecular complexity index is 951. The molecule has 0 aliphatic carbocycles. The molecule has 0 radical (unpaired) electrons. The van der Waals surface area contributed by atoms with E-state index in [0.29, 0.717) is 36.0 Å². The highest BCUT2D eigenvalue weighted by atomic mass is 19.1. The minimum absolute atomic E-state index is 0.217. The van der Waals surface area contributed by atoms with Crippen LogP contribution in [0.3, 0.4) is 0 Å². The van der Waals surface area contributed by atoms with Crippen molar-refractivity contribution in [1.29, 1.82) is 0 Å². The maximum absolute atomic E-state index is 13.0. The zero-order chi connectivity index (χ0) is 18.8. The lowest BCUT2D eigenvalue weighted by Gasteiger charge is -2.29. The number of fused-ring (bicyclic) bond motifs is 1. The van der Waals surface area contributed by atoms with Crippen LogP contribution >= 0.6 is 0 Å². The summed E-state index contributed by atoms with van der Waals surface area (Å²) in [5.74, 6) is 1.53. The van der Waals surface area contributed by atoms with Gasteiger partial charge in [-0.25, -0.2) is 4.39 Å². The Balaban J connectivity index is 1.42. The van der Waals surface area contributed by atoms with Gasteiger partial charge in [-0.1, -0.05) is 12.1 Å². The molecule has 1 aliphatic heterocycles. The lowest BCUT2D eigenvalue weighted by atomic mass is 10.2. The number of carbonyl (C=O) groups is 1. The van der Waals surface area contributed by atoms with Crippen molar-refractivity contribution in [2.24, 2.45) is 0 Å². The van der Waals surface area contributed by atoms with Crippen LogP contribution in [0, 0.1) is 5.82 Å². The van der Waals surface area contributed by atoms with Crippen LogP contribution in [0.25, 0.3) is 11.3 Å². The van der Waals surface area contributed by atoms with E-state index in [4.69, 9.17) is 13.9 Å². The summed E-state index contributed by atoms with van der Waals surface area (Å²) in [6, 6.07) is 16.7. The Kier molecular flexibility index (Phi) is 4.54. The van der Waals surface area contributed by atoms with E-state index in [-0.39, 0.29) is 23.6 Å². The largest absolute Gasteiger partial charge is 0.486 e. The number of nitrogens with zero attached hydrogens (tertiary/aromatic N) is 1. The van der Waals surface area contributed by atoms with Crippen molar-refractivity contribution < 1.29 is 23.1 Å². The Morgan fingerprint density at radius 2 is 1.81 bits per heavy atom. The third kappa shape index (κ3) is 3.65. The summed E-state index contributed by atoms with van der Waals surface area (Å²) >= 11 is 0. The van der Waals surface area contributed by atoms with Crippen LogP contribution in [0.2, 0.25) is 0 Å². The fourth-order valence-corrected chi connectivity index (χ4v) is 2.95. The Hall–Kier alpha value is -3.28. The number of hydrogen-bond acceptors (Lipinski definition) is 4. The van der Waals surface area contributed by atoms with E-state index in [9.17, 15) is 9.18 Å². The second-order valence-electron chi connectivity index (χ2n) is 6.35. The lowest BCUT2D eigenvalue weighted by molar-refractivity contribution is 0.0502. The predicted octanol–water partition coefficient (Wildman–Crippen LogP) is 4.00. The summed E-state index contributed by atoms with van der Waals surface area (Å²) < 4.78 is 30.3. The fourth-order valence-electron chi connectivity index (χ4n) is 2.95. The van der Waals surface area contributed by atoms with Crippen LogP contribution in [-0.4, -0.2) is 37.1 Å². The van der Waals surface area contributed by atoms with E-state index < -0.39 is 0 Å². The highest BCUT2D eigenvalue weighted by molar-refractivity contribution is 5.92. The molecule has 0 saturated heterocycles. The van der Waals surface area contributed by atoms with E-state index in [1.54, 1.807) is 31.3 Å². The quantitative estimate of drug-likeness (QED) is 0.699. The number of benzene rings is 2. The van der Waals surface area contributed by atoms with Crippen LogP contribution < -0.4 is 9.47 Å². The molecular formula is C21H18FNO4. The molecule has 1 aliphatic rings. The number of para-hydroxylation sites is 2. The van der Waals surface area contributed by atoms with E-state index in [2.05, 4.69) is 0 Å².